The molecule has 0 amide bonds. The van der Waals surface area contributed by atoms with Crippen LogP contribution in [0.2, 0.25) is 0 Å². The Morgan fingerprint density at radius 1 is 1.00 bits per heavy atom. The first-order valence-corrected chi connectivity index (χ1v) is 10.3. The molecule has 1 N–H and O–H groups in total. The van der Waals surface area contributed by atoms with Crippen LogP contribution in [0.15, 0.2) is 12.4 Å². The third kappa shape index (κ3) is 7.98. The highest BCUT2D eigenvalue weighted by atomic mass is 16.5. The van der Waals surface area contributed by atoms with Gasteiger partial charge in [0.25, 0.3) is 0 Å². The van der Waals surface area contributed by atoms with Crippen molar-refractivity contribution in [3.63, 3.8) is 0 Å². The minimum Gasteiger partial charge on any atom is -0.380 e. The number of unbranched alkanes of at least 4 members (excludes halogenated alkanes) is 3. The molecule has 6 nitrogen and oxygen atoms in total. The van der Waals surface area contributed by atoms with E-state index in [1.165, 1.54) is 31.2 Å². The number of hydrogen-bond donors (Lipinski definition) is 1. The van der Waals surface area contributed by atoms with Crippen LogP contribution in [0.4, 0.5) is 5.95 Å². The van der Waals surface area contributed by atoms with Gasteiger partial charge in [-0.05, 0) is 31.9 Å². The number of nitrogens with zero attached hydrogens (tertiary/aromatic N) is 4. The average molecular weight is 364 g/mol. The third-order valence-electron chi connectivity index (χ3n) is 4.93. The Balaban J connectivity index is 1.61. The highest BCUT2D eigenvalue weighted by Crippen LogP contribution is 2.13. The molecule has 1 aromatic rings. The summed E-state index contributed by atoms with van der Waals surface area (Å²) in [5.41, 5.74) is 1.27. The summed E-state index contributed by atoms with van der Waals surface area (Å²) in [7, 11) is 1.95. The molecule has 0 saturated carbocycles. The molecule has 1 saturated heterocycles. The molecule has 1 aliphatic heterocycles. The van der Waals surface area contributed by atoms with Gasteiger partial charge < -0.3 is 15.0 Å². The minimum absolute atomic E-state index is 0.802. The van der Waals surface area contributed by atoms with Gasteiger partial charge in [-0.2, -0.15) is 0 Å². The molecule has 0 bridgehead atoms. The Kier molecular flexibility index (Phi) is 10.5. The fourth-order valence-corrected chi connectivity index (χ4v) is 3.23. The number of piperazine rings is 1. The predicted octanol–water partition coefficient (Wildman–Crippen LogP) is 2.35. The SMILES string of the molecule is CCCCCCc1cnc(N2CCN(CCCOCCNC)CC2)nc1. The fraction of sp³-hybridized carbons (Fsp3) is 0.800. The lowest BCUT2D eigenvalue weighted by Gasteiger charge is -2.34. The molecule has 0 spiro atoms. The van der Waals surface area contributed by atoms with Crippen LogP contribution in [-0.4, -0.2) is 74.4 Å². The maximum absolute atomic E-state index is 5.59. The smallest absolute Gasteiger partial charge is 0.225 e. The van der Waals surface area contributed by atoms with Crippen LogP contribution in [0, 0.1) is 0 Å². The van der Waals surface area contributed by atoms with Crippen LogP contribution in [0.3, 0.4) is 0 Å². The van der Waals surface area contributed by atoms with E-state index in [1.807, 2.05) is 19.4 Å². The molecular formula is C20H37N5O. The van der Waals surface area contributed by atoms with Crippen LogP contribution in [0.5, 0.6) is 0 Å². The van der Waals surface area contributed by atoms with Gasteiger partial charge >= 0.3 is 0 Å². The van der Waals surface area contributed by atoms with Crippen molar-refractivity contribution >= 4 is 5.95 Å². The van der Waals surface area contributed by atoms with Gasteiger partial charge in [0.1, 0.15) is 0 Å². The fourth-order valence-electron chi connectivity index (χ4n) is 3.23. The van der Waals surface area contributed by atoms with Crippen LogP contribution < -0.4 is 10.2 Å². The number of rotatable bonds is 13. The minimum atomic E-state index is 0.802. The van der Waals surface area contributed by atoms with Gasteiger partial charge in [0.2, 0.25) is 5.95 Å². The lowest BCUT2D eigenvalue weighted by Crippen LogP contribution is -2.47. The monoisotopic (exact) mass is 363 g/mol. The predicted molar refractivity (Wildman–Crippen MR) is 108 cm³/mol. The normalized spacial score (nSPS) is 15.5. The zero-order valence-corrected chi connectivity index (χ0v) is 16.8. The first-order chi connectivity index (χ1) is 12.8. The maximum atomic E-state index is 5.59. The number of ether oxygens (including phenoxy) is 1. The highest BCUT2D eigenvalue weighted by Gasteiger charge is 2.18. The van der Waals surface area contributed by atoms with Crippen molar-refractivity contribution < 1.29 is 4.74 Å². The molecular weight excluding hydrogens is 326 g/mol. The zero-order chi connectivity index (χ0) is 18.5. The maximum Gasteiger partial charge on any atom is 0.225 e. The van der Waals surface area contributed by atoms with Crippen molar-refractivity contribution in [1.82, 2.24) is 20.2 Å². The number of nitrogens with one attached hydrogen (secondary N) is 1. The van der Waals surface area contributed by atoms with E-state index in [1.54, 1.807) is 0 Å². The topological polar surface area (TPSA) is 53.5 Å². The molecule has 1 aromatic heterocycles. The summed E-state index contributed by atoms with van der Waals surface area (Å²) >= 11 is 0. The number of anilines is 1. The molecule has 6 heteroatoms. The van der Waals surface area contributed by atoms with Crippen molar-refractivity contribution in [2.75, 3.05) is 64.4 Å². The number of likely N-dealkylation sites (N-methyl/N-ethyl adjacent to an activating group) is 1. The van der Waals surface area contributed by atoms with Crippen molar-refractivity contribution in [3.05, 3.63) is 18.0 Å². The number of hydrogen-bond acceptors (Lipinski definition) is 6. The highest BCUT2D eigenvalue weighted by molar-refractivity contribution is 5.30. The van der Waals surface area contributed by atoms with Gasteiger partial charge in [-0.15, -0.1) is 0 Å². The zero-order valence-electron chi connectivity index (χ0n) is 16.8. The Bertz CT molecular complexity index is 460. The van der Waals surface area contributed by atoms with Crippen LogP contribution >= 0.6 is 0 Å². The lowest BCUT2D eigenvalue weighted by atomic mass is 10.1. The van der Waals surface area contributed by atoms with Crippen LogP contribution in [-0.2, 0) is 11.2 Å². The summed E-state index contributed by atoms with van der Waals surface area (Å²) in [5.74, 6) is 0.886. The average Bonchev–Trinajstić information content (AvgIpc) is 2.69. The van der Waals surface area contributed by atoms with Crippen molar-refractivity contribution in [2.45, 2.75) is 45.4 Å². The molecule has 0 atom stereocenters. The van der Waals surface area contributed by atoms with E-state index in [2.05, 4.69) is 32.0 Å². The summed E-state index contributed by atoms with van der Waals surface area (Å²) in [5, 5.41) is 3.09. The van der Waals surface area contributed by atoms with Crippen LogP contribution in [0.1, 0.15) is 44.6 Å². The molecule has 1 fully saturated rings. The quantitative estimate of drug-likeness (QED) is 0.543. The summed E-state index contributed by atoms with van der Waals surface area (Å²) in [6, 6.07) is 0. The molecule has 0 radical (unpaired) electrons. The number of aryl methyl sites for hydroxylation is 1. The second-order valence-electron chi connectivity index (χ2n) is 7.10. The van der Waals surface area contributed by atoms with E-state index < -0.39 is 0 Å². The van der Waals surface area contributed by atoms with Gasteiger partial charge in [-0.3, -0.25) is 4.90 Å². The molecule has 0 aromatic carbocycles. The van der Waals surface area contributed by atoms with E-state index in [4.69, 9.17) is 4.74 Å². The Morgan fingerprint density at radius 2 is 1.77 bits per heavy atom. The molecule has 2 heterocycles. The molecule has 0 unspecified atom stereocenters. The standard InChI is InChI=1S/C20H37N5O/c1-3-4-5-6-8-19-17-22-20(23-18-19)25-13-11-24(12-14-25)10-7-15-26-16-9-21-2/h17-18,21H,3-16H2,1-2H3. The van der Waals surface area contributed by atoms with E-state index >= 15 is 0 Å². The molecule has 0 aliphatic carbocycles. The summed E-state index contributed by atoms with van der Waals surface area (Å²) in [4.78, 5) is 14.0. The van der Waals surface area contributed by atoms with E-state index in [-0.39, 0.29) is 0 Å². The summed E-state index contributed by atoms with van der Waals surface area (Å²) < 4.78 is 5.59. The van der Waals surface area contributed by atoms with Gasteiger partial charge in [0.05, 0.1) is 6.61 Å². The molecule has 148 valence electrons. The van der Waals surface area contributed by atoms with E-state index in [0.29, 0.717) is 0 Å². The molecule has 2 rings (SSSR count). The van der Waals surface area contributed by atoms with Gasteiger partial charge in [0, 0.05) is 58.3 Å². The summed E-state index contributed by atoms with van der Waals surface area (Å²) in [6.45, 7) is 10.1. The Labute approximate surface area is 159 Å². The third-order valence-corrected chi connectivity index (χ3v) is 4.93. The summed E-state index contributed by atoms with van der Waals surface area (Å²) in [6.07, 6.45) is 11.4. The second-order valence-corrected chi connectivity index (χ2v) is 7.10. The Morgan fingerprint density at radius 3 is 2.46 bits per heavy atom. The molecule has 1 aliphatic rings. The second kappa shape index (κ2) is 13.0. The van der Waals surface area contributed by atoms with E-state index in [9.17, 15) is 0 Å². The molecule has 26 heavy (non-hydrogen) atoms. The largest absolute Gasteiger partial charge is 0.380 e. The Hall–Kier alpha value is -1.24. The number of aromatic nitrogens is 2. The van der Waals surface area contributed by atoms with Gasteiger partial charge in [-0.25, -0.2) is 9.97 Å². The van der Waals surface area contributed by atoms with Gasteiger partial charge in [0.15, 0.2) is 0 Å². The first-order valence-electron chi connectivity index (χ1n) is 10.3. The first kappa shape index (κ1) is 21.1. The van der Waals surface area contributed by atoms with E-state index in [0.717, 1.165) is 71.3 Å². The van der Waals surface area contributed by atoms with Crippen molar-refractivity contribution in [2.24, 2.45) is 0 Å². The van der Waals surface area contributed by atoms with Crippen molar-refractivity contribution in [3.8, 4) is 0 Å². The van der Waals surface area contributed by atoms with Crippen molar-refractivity contribution in [1.29, 1.82) is 0 Å². The van der Waals surface area contributed by atoms with Gasteiger partial charge in [-0.1, -0.05) is 26.2 Å². The van der Waals surface area contributed by atoms with Crippen LogP contribution in [0.25, 0.3) is 0 Å². The lowest BCUT2D eigenvalue weighted by molar-refractivity contribution is 0.122.